The average molecular weight is 491 g/mol. The fraction of sp³-hybridized carbons (Fsp3) is 0.160. The number of rotatable bonds is 6. The van der Waals surface area contributed by atoms with Gasteiger partial charge >= 0.3 is 5.69 Å². The number of carboxylic acid groups (broad SMARTS) is 1. The van der Waals surface area contributed by atoms with Crippen LogP contribution in [-0.2, 0) is 11.2 Å². The summed E-state index contributed by atoms with van der Waals surface area (Å²) in [4.78, 5) is 31.6. The van der Waals surface area contributed by atoms with E-state index in [1.54, 1.807) is 10.8 Å². The molecule has 7 N–H and O–H groups in total. The number of benzene rings is 2. The number of aryl methyl sites for hydroxylation is 1. The van der Waals surface area contributed by atoms with Gasteiger partial charge in [0.05, 0.1) is 11.4 Å². The van der Waals surface area contributed by atoms with Crippen molar-refractivity contribution in [1.82, 2.24) is 19.5 Å². The molecule has 0 spiro atoms. The number of nitrogens with one attached hydrogen (secondary N) is 4. The molecule has 0 fully saturated rings. The highest BCUT2D eigenvalue weighted by Crippen LogP contribution is 2.35. The summed E-state index contributed by atoms with van der Waals surface area (Å²) in [7, 11) is 0. The fourth-order valence-electron chi connectivity index (χ4n) is 4.14. The highest BCUT2D eigenvalue weighted by Gasteiger charge is 2.20. The molecule has 0 aliphatic heterocycles. The summed E-state index contributed by atoms with van der Waals surface area (Å²) in [6, 6.07) is 16.1. The second kappa shape index (κ2) is 10.4. The molecule has 0 saturated heterocycles. The number of hydrogen-bond donors (Lipinski definition) is 6. The van der Waals surface area contributed by atoms with E-state index in [9.17, 15) is 4.79 Å². The van der Waals surface area contributed by atoms with Crippen LogP contribution >= 0.6 is 11.8 Å². The molecule has 5 rings (SSSR count). The van der Waals surface area contributed by atoms with Crippen molar-refractivity contribution in [1.29, 1.82) is 5.41 Å². The standard InChI is InChI=1S/C23H22N6OS.C2H4O2/c24-22(25)31-11-5-10-18-21(15-7-2-4-9-17(15)28-18)20-13-27-23(30)29(20)19-12-26-16-8-3-1-6-14(16)19;1-2(3)4/h1-4,6-9,12-13,26,28H,5,10-11H2,(H3,24,25)(H,27,30);1H3,(H,3,4). The van der Waals surface area contributed by atoms with Crippen LogP contribution < -0.4 is 11.4 Å². The van der Waals surface area contributed by atoms with Crippen molar-refractivity contribution in [3.05, 3.63) is 77.1 Å². The maximum Gasteiger partial charge on any atom is 0.330 e. The first-order valence-corrected chi connectivity index (χ1v) is 12.0. The van der Waals surface area contributed by atoms with Crippen molar-refractivity contribution < 1.29 is 9.90 Å². The first-order chi connectivity index (χ1) is 16.9. The van der Waals surface area contributed by atoms with Crippen LogP contribution in [0, 0.1) is 5.41 Å². The number of aliphatic carboxylic acids is 1. The molecule has 35 heavy (non-hydrogen) atoms. The Morgan fingerprint density at radius 3 is 2.43 bits per heavy atom. The van der Waals surface area contributed by atoms with E-state index in [-0.39, 0.29) is 10.9 Å². The van der Waals surface area contributed by atoms with Crippen molar-refractivity contribution in [2.45, 2.75) is 19.8 Å². The zero-order valence-corrected chi connectivity index (χ0v) is 19.9. The van der Waals surface area contributed by atoms with E-state index in [0.717, 1.165) is 70.0 Å². The van der Waals surface area contributed by atoms with Gasteiger partial charge in [-0.1, -0.05) is 48.2 Å². The maximum atomic E-state index is 12.9. The Morgan fingerprint density at radius 1 is 1.06 bits per heavy atom. The first kappa shape index (κ1) is 24.0. The van der Waals surface area contributed by atoms with Gasteiger partial charge in [-0.25, -0.2) is 4.79 Å². The van der Waals surface area contributed by atoms with Gasteiger partial charge in [0.2, 0.25) is 0 Å². The third-order valence-corrected chi connectivity index (χ3v) is 6.26. The van der Waals surface area contributed by atoms with Crippen LogP contribution in [0.3, 0.4) is 0 Å². The molecule has 180 valence electrons. The number of nitrogens with two attached hydrogens (primary N) is 1. The third-order valence-electron chi connectivity index (χ3n) is 5.45. The molecule has 0 aliphatic carbocycles. The minimum Gasteiger partial charge on any atom is -0.481 e. The smallest absolute Gasteiger partial charge is 0.330 e. The normalized spacial score (nSPS) is 10.9. The summed E-state index contributed by atoms with van der Waals surface area (Å²) in [6.45, 7) is 1.08. The molecule has 3 heterocycles. The van der Waals surface area contributed by atoms with E-state index in [1.807, 2.05) is 48.7 Å². The van der Waals surface area contributed by atoms with Crippen LogP contribution in [0.2, 0.25) is 0 Å². The molecule has 0 radical (unpaired) electrons. The molecule has 0 aliphatic rings. The lowest BCUT2D eigenvalue weighted by Crippen LogP contribution is -2.15. The van der Waals surface area contributed by atoms with Crippen LogP contribution in [0.4, 0.5) is 0 Å². The number of nitrogens with zero attached hydrogens (tertiary/aromatic N) is 1. The highest BCUT2D eigenvalue weighted by atomic mass is 32.2. The summed E-state index contributed by atoms with van der Waals surface area (Å²) < 4.78 is 1.74. The van der Waals surface area contributed by atoms with Gasteiger partial charge in [0.1, 0.15) is 0 Å². The van der Waals surface area contributed by atoms with Gasteiger partial charge in [0.25, 0.3) is 5.97 Å². The summed E-state index contributed by atoms with van der Waals surface area (Å²) in [5, 5.41) is 17.0. The van der Waals surface area contributed by atoms with Gasteiger partial charge in [-0.15, -0.1) is 0 Å². The van der Waals surface area contributed by atoms with E-state index in [2.05, 4.69) is 21.0 Å². The lowest BCUT2D eigenvalue weighted by molar-refractivity contribution is -0.134. The van der Waals surface area contributed by atoms with Gasteiger partial charge in [0.15, 0.2) is 5.17 Å². The SMILES string of the molecule is CC(=O)O.N=C(N)SCCCc1[nH]c2ccccc2c1-c1c[nH]c(=O)n1-c1c[nH]c2ccccc12. The van der Waals surface area contributed by atoms with E-state index >= 15 is 0 Å². The molecule has 0 amide bonds. The molecule has 0 atom stereocenters. The van der Waals surface area contributed by atoms with Gasteiger partial charge in [-0.2, -0.15) is 0 Å². The van der Waals surface area contributed by atoms with E-state index in [1.165, 1.54) is 11.8 Å². The Bertz CT molecular complexity index is 1550. The second-order valence-electron chi connectivity index (χ2n) is 7.89. The van der Waals surface area contributed by atoms with Gasteiger partial charge in [-0.05, 0) is 25.0 Å². The van der Waals surface area contributed by atoms with Crippen LogP contribution in [-0.4, -0.2) is 41.5 Å². The Morgan fingerprint density at radius 2 is 1.71 bits per heavy atom. The predicted octanol–water partition coefficient (Wildman–Crippen LogP) is 4.45. The number of para-hydroxylation sites is 2. The molecule has 2 aromatic carbocycles. The summed E-state index contributed by atoms with van der Waals surface area (Å²) in [5.41, 5.74) is 11.0. The van der Waals surface area contributed by atoms with Crippen molar-refractivity contribution in [2.24, 2.45) is 5.73 Å². The molecule has 10 heteroatoms. The van der Waals surface area contributed by atoms with Crippen molar-refractivity contribution in [3.8, 4) is 16.9 Å². The largest absolute Gasteiger partial charge is 0.481 e. The van der Waals surface area contributed by atoms with Crippen molar-refractivity contribution in [2.75, 3.05) is 5.75 Å². The van der Waals surface area contributed by atoms with Crippen LogP contribution in [0.15, 0.2) is 65.7 Å². The number of fused-ring (bicyclic) bond motifs is 2. The summed E-state index contributed by atoms with van der Waals surface area (Å²) in [6.07, 6.45) is 5.32. The molecule has 3 aromatic heterocycles. The molecule has 9 nitrogen and oxygen atoms in total. The van der Waals surface area contributed by atoms with E-state index < -0.39 is 5.97 Å². The topological polar surface area (TPSA) is 157 Å². The number of aromatic amines is 3. The number of H-pyrrole nitrogens is 3. The quantitative estimate of drug-likeness (QED) is 0.118. The third kappa shape index (κ3) is 5.17. The van der Waals surface area contributed by atoms with Gasteiger partial charge in [0, 0.05) is 58.1 Å². The molecule has 0 bridgehead atoms. The van der Waals surface area contributed by atoms with Gasteiger partial charge < -0.3 is 25.8 Å². The summed E-state index contributed by atoms with van der Waals surface area (Å²) >= 11 is 1.35. The first-order valence-electron chi connectivity index (χ1n) is 11.0. The Labute approximate surface area is 204 Å². The number of carbonyl (C=O) groups is 1. The maximum absolute atomic E-state index is 12.9. The van der Waals surface area contributed by atoms with E-state index in [4.69, 9.17) is 21.0 Å². The lowest BCUT2D eigenvalue weighted by atomic mass is 10.0. The number of carboxylic acids is 1. The number of imidazole rings is 1. The van der Waals surface area contributed by atoms with Crippen molar-refractivity contribution >= 4 is 44.7 Å². The number of hydrogen-bond acceptors (Lipinski definition) is 4. The summed E-state index contributed by atoms with van der Waals surface area (Å²) in [5.74, 6) is -0.0630. The van der Waals surface area contributed by atoms with Crippen LogP contribution in [0.5, 0.6) is 0 Å². The zero-order chi connectivity index (χ0) is 24.9. The van der Waals surface area contributed by atoms with E-state index in [0.29, 0.717) is 0 Å². The lowest BCUT2D eigenvalue weighted by Gasteiger charge is -2.09. The monoisotopic (exact) mass is 490 g/mol. The Hall–Kier alpha value is -4.18. The molecule has 0 saturated carbocycles. The zero-order valence-electron chi connectivity index (χ0n) is 19.1. The minimum absolute atomic E-state index is 0.135. The molecule has 0 unspecified atom stereocenters. The molecular weight excluding hydrogens is 464 g/mol. The fourth-order valence-corrected chi connectivity index (χ4v) is 4.65. The van der Waals surface area contributed by atoms with Crippen LogP contribution in [0.25, 0.3) is 38.8 Å². The predicted molar refractivity (Wildman–Crippen MR) is 142 cm³/mol. The molecular formula is C25H26N6O3S. The average Bonchev–Trinajstić information content (AvgIpc) is 3.50. The Kier molecular flexibility index (Phi) is 7.11. The van der Waals surface area contributed by atoms with Gasteiger partial charge in [-0.3, -0.25) is 14.8 Å². The number of aromatic nitrogens is 4. The number of thioether (sulfide) groups is 1. The Balaban J connectivity index is 0.000000672. The highest BCUT2D eigenvalue weighted by molar-refractivity contribution is 8.13. The van der Waals surface area contributed by atoms with Crippen molar-refractivity contribution in [3.63, 3.8) is 0 Å². The number of amidine groups is 1. The minimum atomic E-state index is -0.833. The molecule has 5 aromatic rings. The second-order valence-corrected chi connectivity index (χ2v) is 9.03. The van der Waals surface area contributed by atoms with Crippen LogP contribution in [0.1, 0.15) is 19.0 Å².